The quantitative estimate of drug-likeness (QED) is 0.613. The van der Waals surface area contributed by atoms with E-state index in [1.807, 2.05) is 0 Å². The van der Waals surface area contributed by atoms with Crippen molar-refractivity contribution in [1.29, 1.82) is 0 Å². The van der Waals surface area contributed by atoms with Crippen molar-refractivity contribution < 1.29 is 24.6 Å². The first-order valence-electron chi connectivity index (χ1n) is 5.80. The van der Waals surface area contributed by atoms with Crippen LogP contribution in [0.15, 0.2) is 24.3 Å². The van der Waals surface area contributed by atoms with Gasteiger partial charge >= 0.3 is 0 Å². The van der Waals surface area contributed by atoms with Crippen molar-refractivity contribution in [1.82, 2.24) is 0 Å². The molecule has 7 nitrogen and oxygen atoms in total. The zero-order chi connectivity index (χ0) is 13.9. The summed E-state index contributed by atoms with van der Waals surface area (Å²) in [5.41, 5.74) is -0.593. The zero-order valence-corrected chi connectivity index (χ0v) is 10.2. The van der Waals surface area contributed by atoms with Crippen molar-refractivity contribution in [3.8, 4) is 0 Å². The summed E-state index contributed by atoms with van der Waals surface area (Å²) in [6.07, 6.45) is -0.854. The van der Waals surface area contributed by atoms with Gasteiger partial charge in [0.1, 0.15) is 0 Å². The molecular formula is C12H15NO6. The number of aliphatic hydroxyl groups excluding tert-OH is 2. The maximum Gasteiger partial charge on any atom is 0.277 e. The van der Waals surface area contributed by atoms with Crippen LogP contribution in [0.2, 0.25) is 0 Å². The monoisotopic (exact) mass is 269 g/mol. The number of nitro groups is 1. The van der Waals surface area contributed by atoms with Crippen LogP contribution in [0, 0.1) is 15.5 Å². The molecule has 104 valence electrons. The number of benzene rings is 1. The largest absolute Gasteiger partial charge is 0.396 e. The molecule has 0 radical (unpaired) electrons. The highest BCUT2D eigenvalue weighted by molar-refractivity contribution is 5.40. The second kappa shape index (κ2) is 5.62. The van der Waals surface area contributed by atoms with Crippen LogP contribution < -0.4 is 0 Å². The zero-order valence-electron chi connectivity index (χ0n) is 10.2. The summed E-state index contributed by atoms with van der Waals surface area (Å²) in [4.78, 5) is 10.4. The van der Waals surface area contributed by atoms with Gasteiger partial charge < -0.3 is 19.7 Å². The molecular weight excluding hydrogens is 254 g/mol. The van der Waals surface area contributed by atoms with Gasteiger partial charge in [-0.25, -0.2) is 0 Å². The SMILES string of the molecule is O=[N+]([O-])c1ccccc1C1OCC(CO)(CO)CO1. The molecule has 0 atom stereocenters. The average molecular weight is 269 g/mol. The van der Waals surface area contributed by atoms with E-state index < -0.39 is 16.6 Å². The molecule has 2 rings (SSSR count). The lowest BCUT2D eigenvalue weighted by molar-refractivity contribution is -0.388. The number of para-hydroxylation sites is 1. The van der Waals surface area contributed by atoms with E-state index in [-0.39, 0.29) is 32.1 Å². The lowest BCUT2D eigenvalue weighted by Gasteiger charge is -2.37. The highest BCUT2D eigenvalue weighted by Gasteiger charge is 2.38. The average Bonchev–Trinajstić information content (AvgIpc) is 2.47. The summed E-state index contributed by atoms with van der Waals surface area (Å²) >= 11 is 0. The third-order valence-electron chi connectivity index (χ3n) is 3.14. The summed E-state index contributed by atoms with van der Waals surface area (Å²) in [5.74, 6) is 0. The van der Waals surface area contributed by atoms with Crippen LogP contribution in [0.25, 0.3) is 0 Å². The van der Waals surface area contributed by atoms with Gasteiger partial charge in [-0.05, 0) is 6.07 Å². The Morgan fingerprint density at radius 1 is 1.26 bits per heavy atom. The van der Waals surface area contributed by atoms with Gasteiger partial charge in [0.2, 0.25) is 0 Å². The molecule has 1 aromatic rings. The maximum atomic E-state index is 10.9. The van der Waals surface area contributed by atoms with Crippen LogP contribution in [-0.4, -0.2) is 41.6 Å². The van der Waals surface area contributed by atoms with E-state index in [1.54, 1.807) is 18.2 Å². The Bertz CT molecular complexity index is 449. The summed E-state index contributed by atoms with van der Waals surface area (Å²) in [6, 6.07) is 6.17. The van der Waals surface area contributed by atoms with Gasteiger partial charge in [-0.1, -0.05) is 12.1 Å². The van der Waals surface area contributed by atoms with E-state index in [9.17, 15) is 20.3 Å². The molecule has 2 N–H and O–H groups in total. The Morgan fingerprint density at radius 3 is 2.37 bits per heavy atom. The molecule has 1 aliphatic rings. The Balaban J connectivity index is 2.16. The molecule has 1 saturated heterocycles. The smallest absolute Gasteiger partial charge is 0.277 e. The Kier molecular flexibility index (Phi) is 4.11. The van der Waals surface area contributed by atoms with Crippen molar-refractivity contribution in [3.05, 3.63) is 39.9 Å². The van der Waals surface area contributed by atoms with Gasteiger partial charge in [-0.2, -0.15) is 0 Å². The van der Waals surface area contributed by atoms with Crippen molar-refractivity contribution in [2.45, 2.75) is 6.29 Å². The molecule has 0 bridgehead atoms. The fourth-order valence-electron chi connectivity index (χ4n) is 1.86. The molecule has 0 aliphatic carbocycles. The predicted octanol–water partition coefficient (Wildman–Crippen LogP) is 0.611. The van der Waals surface area contributed by atoms with Gasteiger partial charge in [-0.3, -0.25) is 10.1 Å². The highest BCUT2D eigenvalue weighted by atomic mass is 16.7. The van der Waals surface area contributed by atoms with Crippen LogP contribution in [0.1, 0.15) is 11.9 Å². The third kappa shape index (κ3) is 2.74. The molecule has 1 aliphatic heterocycles. The first-order valence-corrected chi connectivity index (χ1v) is 5.80. The number of ether oxygens (including phenoxy) is 2. The minimum atomic E-state index is -0.854. The highest BCUT2D eigenvalue weighted by Crippen LogP contribution is 2.35. The summed E-state index contributed by atoms with van der Waals surface area (Å²) in [7, 11) is 0. The molecule has 0 amide bonds. The molecule has 0 spiro atoms. The number of nitro benzene ring substituents is 1. The van der Waals surface area contributed by atoms with Crippen molar-refractivity contribution in [2.24, 2.45) is 5.41 Å². The molecule has 1 heterocycles. The van der Waals surface area contributed by atoms with E-state index in [4.69, 9.17) is 9.47 Å². The Hall–Kier alpha value is -1.54. The summed E-state index contributed by atoms with van der Waals surface area (Å²) < 4.78 is 10.8. The van der Waals surface area contributed by atoms with Gasteiger partial charge in [0.15, 0.2) is 6.29 Å². The lowest BCUT2D eigenvalue weighted by Crippen LogP contribution is -2.44. The topological polar surface area (TPSA) is 102 Å². The Morgan fingerprint density at radius 2 is 1.84 bits per heavy atom. The standard InChI is InChI=1S/C12H15NO6/c14-5-12(6-15)7-18-11(19-8-12)9-3-1-2-4-10(9)13(16)17/h1-4,11,14-15H,5-8H2. The van der Waals surface area contributed by atoms with Gasteiger partial charge in [-0.15, -0.1) is 0 Å². The lowest BCUT2D eigenvalue weighted by atomic mass is 9.91. The van der Waals surface area contributed by atoms with E-state index in [0.29, 0.717) is 5.56 Å². The molecule has 7 heteroatoms. The number of hydrogen-bond acceptors (Lipinski definition) is 6. The molecule has 0 aromatic heterocycles. The predicted molar refractivity (Wildman–Crippen MR) is 64.3 cm³/mol. The molecule has 0 saturated carbocycles. The molecule has 0 unspecified atom stereocenters. The second-order valence-corrected chi connectivity index (χ2v) is 4.59. The van der Waals surface area contributed by atoms with Crippen LogP contribution in [-0.2, 0) is 9.47 Å². The van der Waals surface area contributed by atoms with Gasteiger partial charge in [0.25, 0.3) is 5.69 Å². The number of hydrogen-bond donors (Lipinski definition) is 2. The first kappa shape index (κ1) is 13.9. The van der Waals surface area contributed by atoms with Crippen molar-refractivity contribution in [2.75, 3.05) is 26.4 Å². The van der Waals surface area contributed by atoms with Gasteiger partial charge in [0.05, 0.1) is 42.3 Å². The minimum Gasteiger partial charge on any atom is -0.396 e. The van der Waals surface area contributed by atoms with E-state index in [1.165, 1.54) is 6.07 Å². The Labute approximate surface area is 109 Å². The summed E-state index contributed by atoms with van der Waals surface area (Å²) in [5, 5.41) is 29.3. The van der Waals surface area contributed by atoms with E-state index in [2.05, 4.69) is 0 Å². The van der Waals surface area contributed by atoms with Crippen molar-refractivity contribution >= 4 is 5.69 Å². The van der Waals surface area contributed by atoms with E-state index in [0.717, 1.165) is 0 Å². The van der Waals surface area contributed by atoms with Crippen LogP contribution >= 0.6 is 0 Å². The molecule has 1 fully saturated rings. The molecule has 19 heavy (non-hydrogen) atoms. The first-order chi connectivity index (χ1) is 9.12. The fourth-order valence-corrected chi connectivity index (χ4v) is 1.86. The van der Waals surface area contributed by atoms with Gasteiger partial charge in [0, 0.05) is 6.07 Å². The maximum absolute atomic E-state index is 10.9. The third-order valence-corrected chi connectivity index (χ3v) is 3.14. The number of aliphatic hydroxyl groups is 2. The van der Waals surface area contributed by atoms with Crippen molar-refractivity contribution in [3.63, 3.8) is 0 Å². The normalized spacial score (nSPS) is 19.3. The van der Waals surface area contributed by atoms with Crippen LogP contribution in [0.4, 0.5) is 5.69 Å². The number of rotatable bonds is 4. The number of nitrogens with zero attached hydrogens (tertiary/aromatic N) is 1. The fraction of sp³-hybridized carbons (Fsp3) is 0.500. The second-order valence-electron chi connectivity index (χ2n) is 4.59. The van der Waals surface area contributed by atoms with Crippen LogP contribution in [0.5, 0.6) is 0 Å². The minimum absolute atomic E-state index is 0.0759. The van der Waals surface area contributed by atoms with Crippen LogP contribution in [0.3, 0.4) is 0 Å². The summed E-state index contributed by atoms with van der Waals surface area (Å²) in [6.45, 7) is -0.381. The molecule has 1 aromatic carbocycles. The van der Waals surface area contributed by atoms with E-state index >= 15 is 0 Å².